The molecule has 0 saturated carbocycles. The highest BCUT2D eigenvalue weighted by molar-refractivity contribution is 7.90. The van der Waals surface area contributed by atoms with Crippen LogP contribution in [0, 0.1) is 5.82 Å². The van der Waals surface area contributed by atoms with Gasteiger partial charge in [-0.15, -0.1) is 0 Å². The fourth-order valence-corrected chi connectivity index (χ4v) is 4.73. The first-order chi connectivity index (χ1) is 18.1. The van der Waals surface area contributed by atoms with Crippen molar-refractivity contribution in [3.8, 4) is 11.3 Å². The summed E-state index contributed by atoms with van der Waals surface area (Å²) in [4.78, 5) is 38.6. The Labute approximate surface area is 226 Å². The number of hydrogen-bond acceptors (Lipinski definition) is 7. The molecule has 0 aliphatic rings. The molecule has 1 atom stereocenters. The zero-order chi connectivity index (χ0) is 29.1. The van der Waals surface area contributed by atoms with Crippen LogP contribution in [0.5, 0.6) is 0 Å². The maximum absolute atomic E-state index is 13.5. The molecule has 1 amide bonds. The molecule has 9 nitrogen and oxygen atoms in total. The van der Waals surface area contributed by atoms with E-state index in [0.29, 0.717) is 11.1 Å². The van der Waals surface area contributed by atoms with Gasteiger partial charge in [-0.25, -0.2) is 22.3 Å². The minimum Gasteiger partial charge on any atom is -0.444 e. The molecule has 0 spiro atoms. The third-order valence-corrected chi connectivity index (χ3v) is 7.49. The Morgan fingerprint density at radius 2 is 1.74 bits per heavy atom. The number of ether oxygens (including phenoxy) is 1. The molecule has 0 radical (unpaired) electrons. The third-order valence-electron chi connectivity index (χ3n) is 5.84. The van der Waals surface area contributed by atoms with E-state index in [1.807, 2.05) is 0 Å². The number of nitrogens with zero attached hydrogens (tertiary/aromatic N) is 2. The van der Waals surface area contributed by atoms with Crippen LogP contribution in [-0.4, -0.2) is 41.4 Å². The average Bonchev–Trinajstić information content (AvgIpc) is 2.84. The first-order valence-electron chi connectivity index (χ1n) is 12.3. The topological polar surface area (TPSA) is 124 Å². The summed E-state index contributed by atoms with van der Waals surface area (Å²) in [5.74, 6) is -1.30. The van der Waals surface area contributed by atoms with Crippen LogP contribution in [0.15, 0.2) is 53.3 Å². The van der Waals surface area contributed by atoms with E-state index in [9.17, 15) is 27.2 Å². The molecule has 1 N–H and O–H groups in total. The van der Waals surface area contributed by atoms with Crippen LogP contribution >= 0.6 is 0 Å². The summed E-state index contributed by atoms with van der Waals surface area (Å²) >= 11 is 0. The van der Waals surface area contributed by atoms with Gasteiger partial charge in [0.2, 0.25) is 0 Å². The lowest BCUT2D eigenvalue weighted by atomic mass is 9.92. The SMILES string of the molecule is CCS(=O)(=O)Cc1ccc(C(=O)c2ccc(F)cc2)c(-c2nn(C)c(=O)cc2C(C)NC(=O)OC(C)(C)C)c1. The number of carbonyl (C=O) groups is 2. The smallest absolute Gasteiger partial charge is 0.408 e. The highest BCUT2D eigenvalue weighted by Gasteiger charge is 2.25. The van der Waals surface area contributed by atoms with Crippen molar-refractivity contribution in [1.82, 2.24) is 15.1 Å². The maximum atomic E-state index is 13.5. The molecule has 1 aromatic heterocycles. The summed E-state index contributed by atoms with van der Waals surface area (Å²) in [6.07, 6.45) is -0.716. The number of hydrogen-bond donors (Lipinski definition) is 1. The van der Waals surface area contributed by atoms with Gasteiger partial charge in [0, 0.05) is 41.1 Å². The van der Waals surface area contributed by atoms with E-state index >= 15 is 0 Å². The summed E-state index contributed by atoms with van der Waals surface area (Å²) in [7, 11) is -1.97. The number of aryl methyl sites for hydroxylation is 1. The van der Waals surface area contributed by atoms with Crippen LogP contribution in [0.3, 0.4) is 0 Å². The zero-order valence-electron chi connectivity index (χ0n) is 22.7. The molecule has 3 aromatic rings. The largest absolute Gasteiger partial charge is 0.444 e. The predicted octanol–water partition coefficient (Wildman–Crippen LogP) is 4.34. The van der Waals surface area contributed by atoms with Crippen LogP contribution in [0.4, 0.5) is 9.18 Å². The van der Waals surface area contributed by atoms with Crippen LogP contribution in [0.1, 0.15) is 67.7 Å². The van der Waals surface area contributed by atoms with Gasteiger partial charge in [0.05, 0.1) is 17.5 Å². The van der Waals surface area contributed by atoms with Crippen molar-refractivity contribution in [3.63, 3.8) is 0 Å². The Kier molecular flexibility index (Phi) is 8.74. The summed E-state index contributed by atoms with van der Waals surface area (Å²) in [5, 5.41) is 7.09. The van der Waals surface area contributed by atoms with E-state index in [4.69, 9.17) is 4.74 Å². The minimum absolute atomic E-state index is 0.0707. The Balaban J connectivity index is 2.22. The van der Waals surface area contributed by atoms with Gasteiger partial charge in [0.15, 0.2) is 15.6 Å². The van der Waals surface area contributed by atoms with E-state index in [1.54, 1.807) is 40.7 Å². The second kappa shape index (κ2) is 11.5. The van der Waals surface area contributed by atoms with Gasteiger partial charge in [-0.2, -0.15) is 5.10 Å². The number of ketones is 1. The second-order valence-corrected chi connectivity index (χ2v) is 12.5. The summed E-state index contributed by atoms with van der Waals surface area (Å²) < 4.78 is 44.7. The second-order valence-electron chi connectivity index (χ2n) is 10.2. The van der Waals surface area contributed by atoms with Crippen molar-refractivity contribution >= 4 is 21.7 Å². The Hall–Kier alpha value is -3.86. The fourth-order valence-electron chi connectivity index (χ4n) is 3.84. The van der Waals surface area contributed by atoms with E-state index in [2.05, 4.69) is 10.4 Å². The predicted molar refractivity (Wildman–Crippen MR) is 146 cm³/mol. The normalized spacial score (nSPS) is 12.6. The number of sulfone groups is 1. The highest BCUT2D eigenvalue weighted by Crippen LogP contribution is 2.31. The number of carbonyl (C=O) groups excluding carboxylic acids is 2. The van der Waals surface area contributed by atoms with Gasteiger partial charge in [-0.3, -0.25) is 9.59 Å². The van der Waals surface area contributed by atoms with Gasteiger partial charge in [0.25, 0.3) is 5.56 Å². The molecule has 208 valence electrons. The van der Waals surface area contributed by atoms with Crippen LogP contribution in [0.25, 0.3) is 11.3 Å². The van der Waals surface area contributed by atoms with Crippen LogP contribution in [-0.2, 0) is 27.4 Å². The molecular weight excluding hydrogens is 525 g/mol. The standard InChI is InChI=1S/C28H32FN3O6S/c1-7-39(36,37)16-18-8-13-21(26(34)19-9-11-20(29)12-10-19)23(14-18)25-22(15-24(33)32(6)31-25)17(2)30-27(35)38-28(3,4)5/h8-15,17H,7,16H2,1-6H3,(H,30,35). The molecule has 0 aliphatic heterocycles. The molecule has 0 bridgehead atoms. The van der Waals surface area contributed by atoms with Gasteiger partial charge < -0.3 is 10.1 Å². The Morgan fingerprint density at radius 3 is 2.33 bits per heavy atom. The van der Waals surface area contributed by atoms with Crippen molar-refractivity contribution in [3.05, 3.63) is 87.0 Å². The molecule has 2 aromatic carbocycles. The summed E-state index contributed by atoms with van der Waals surface area (Å²) in [6, 6.07) is 10.1. The van der Waals surface area contributed by atoms with E-state index < -0.39 is 44.7 Å². The molecule has 39 heavy (non-hydrogen) atoms. The highest BCUT2D eigenvalue weighted by atomic mass is 32.2. The van der Waals surface area contributed by atoms with Gasteiger partial charge in [-0.1, -0.05) is 19.1 Å². The van der Waals surface area contributed by atoms with Crippen molar-refractivity contribution in [2.45, 2.75) is 52.0 Å². The third kappa shape index (κ3) is 7.60. The molecule has 1 unspecified atom stereocenters. The molecule has 0 aliphatic carbocycles. The van der Waals surface area contributed by atoms with Gasteiger partial charge in [-0.05, 0) is 63.6 Å². The van der Waals surface area contributed by atoms with Gasteiger partial charge >= 0.3 is 6.09 Å². The number of rotatable bonds is 8. The van der Waals surface area contributed by atoms with E-state index in [0.717, 1.165) is 16.8 Å². The summed E-state index contributed by atoms with van der Waals surface area (Å²) in [5.41, 5.74) is 0.325. The zero-order valence-corrected chi connectivity index (χ0v) is 23.6. The van der Waals surface area contributed by atoms with Crippen molar-refractivity contribution in [2.24, 2.45) is 7.05 Å². The first kappa shape index (κ1) is 29.7. The lowest BCUT2D eigenvalue weighted by Gasteiger charge is -2.23. The number of benzene rings is 2. The molecule has 11 heteroatoms. The molecular formula is C28H32FN3O6S. The van der Waals surface area contributed by atoms with Gasteiger partial charge in [0.1, 0.15) is 11.4 Å². The lowest BCUT2D eigenvalue weighted by molar-refractivity contribution is 0.0507. The van der Waals surface area contributed by atoms with Crippen LogP contribution in [0.2, 0.25) is 0 Å². The van der Waals surface area contributed by atoms with Crippen molar-refractivity contribution in [1.29, 1.82) is 0 Å². The molecule has 1 heterocycles. The number of aromatic nitrogens is 2. The monoisotopic (exact) mass is 557 g/mol. The summed E-state index contributed by atoms with van der Waals surface area (Å²) in [6.45, 7) is 8.32. The average molecular weight is 558 g/mol. The molecule has 3 rings (SSSR count). The Bertz CT molecular complexity index is 1560. The quantitative estimate of drug-likeness (QED) is 0.409. The number of nitrogens with one attached hydrogen (secondary N) is 1. The van der Waals surface area contributed by atoms with Crippen molar-refractivity contribution < 1.29 is 27.1 Å². The maximum Gasteiger partial charge on any atom is 0.408 e. The minimum atomic E-state index is -3.41. The van der Waals surface area contributed by atoms with E-state index in [1.165, 1.54) is 37.4 Å². The lowest BCUT2D eigenvalue weighted by Crippen LogP contribution is -2.35. The fraction of sp³-hybridized carbons (Fsp3) is 0.357. The Morgan fingerprint density at radius 1 is 1.10 bits per heavy atom. The van der Waals surface area contributed by atoms with E-state index in [-0.39, 0.29) is 33.9 Å². The van der Waals surface area contributed by atoms with Crippen LogP contribution < -0.4 is 10.9 Å². The number of amides is 1. The number of halogens is 1. The molecule has 0 fully saturated rings. The first-order valence-corrected chi connectivity index (χ1v) is 14.1. The van der Waals surface area contributed by atoms with Crippen molar-refractivity contribution in [2.75, 3.05) is 5.75 Å². The number of alkyl carbamates (subject to hydrolysis) is 1. The molecule has 0 saturated heterocycles.